The zero-order valence-corrected chi connectivity index (χ0v) is 21.2. The Hall–Kier alpha value is -2.55. The van der Waals surface area contributed by atoms with E-state index in [1.807, 2.05) is 17.0 Å². The van der Waals surface area contributed by atoms with E-state index in [1.165, 1.54) is 12.0 Å². The van der Waals surface area contributed by atoms with Crippen LogP contribution in [0.25, 0.3) is 0 Å². The van der Waals surface area contributed by atoms with Crippen LogP contribution in [0, 0.1) is 0 Å². The van der Waals surface area contributed by atoms with Gasteiger partial charge >= 0.3 is 5.97 Å². The molecule has 2 aliphatic heterocycles. The van der Waals surface area contributed by atoms with Crippen LogP contribution < -0.4 is 5.32 Å². The highest BCUT2D eigenvalue weighted by Crippen LogP contribution is 2.41. The van der Waals surface area contributed by atoms with E-state index in [9.17, 15) is 9.90 Å². The zero-order valence-electron chi connectivity index (χ0n) is 21.2. The van der Waals surface area contributed by atoms with E-state index in [4.69, 9.17) is 14.5 Å². The molecular formula is C28H38N4O4. The summed E-state index contributed by atoms with van der Waals surface area (Å²) in [5.41, 5.74) is 4.19. The third kappa shape index (κ3) is 5.71. The maximum atomic E-state index is 12.4. The molecule has 1 unspecified atom stereocenters. The molecule has 194 valence electrons. The molecular weight excluding hydrogens is 456 g/mol. The first-order valence-electron chi connectivity index (χ1n) is 13.4. The molecule has 2 aromatic rings. The second kappa shape index (κ2) is 11.7. The lowest BCUT2D eigenvalue weighted by Crippen LogP contribution is -2.36. The number of likely N-dealkylation sites (tertiary alicyclic amines) is 1. The number of hydrogen-bond acceptors (Lipinski definition) is 7. The molecule has 0 bridgehead atoms. The Morgan fingerprint density at radius 2 is 2.14 bits per heavy atom. The third-order valence-electron chi connectivity index (χ3n) is 7.89. The minimum Gasteiger partial charge on any atom is -0.480 e. The summed E-state index contributed by atoms with van der Waals surface area (Å²) in [5, 5.41) is 13.6. The Bertz CT molecular complexity index is 1040. The monoisotopic (exact) mass is 494 g/mol. The summed E-state index contributed by atoms with van der Waals surface area (Å²) in [6.45, 7) is 3.05. The number of aliphatic carboxylic acids is 1. The lowest BCUT2D eigenvalue weighted by molar-refractivity contribution is -0.143. The molecule has 2 atom stereocenters. The molecule has 2 N–H and O–H groups in total. The molecule has 1 saturated heterocycles. The number of rotatable bonds is 11. The van der Waals surface area contributed by atoms with Gasteiger partial charge in [-0.1, -0.05) is 12.1 Å². The topological polar surface area (TPSA) is 96.8 Å². The van der Waals surface area contributed by atoms with Crippen molar-refractivity contribution in [2.75, 3.05) is 38.7 Å². The highest BCUT2D eigenvalue weighted by molar-refractivity contribution is 5.76. The van der Waals surface area contributed by atoms with Crippen LogP contribution in [0.2, 0.25) is 0 Å². The largest absolute Gasteiger partial charge is 0.480 e. The first-order chi connectivity index (χ1) is 17.6. The molecule has 1 aliphatic carbocycles. The normalized spacial score (nSPS) is 24.5. The van der Waals surface area contributed by atoms with E-state index in [-0.39, 0.29) is 18.1 Å². The second-order valence-electron chi connectivity index (χ2n) is 10.3. The molecule has 0 amide bonds. The second-order valence-corrected chi connectivity index (χ2v) is 10.3. The average molecular weight is 495 g/mol. The van der Waals surface area contributed by atoms with Crippen LogP contribution in [-0.4, -0.2) is 71.5 Å². The van der Waals surface area contributed by atoms with Gasteiger partial charge in [0.2, 0.25) is 0 Å². The zero-order chi connectivity index (χ0) is 24.9. The number of carbonyl (C=O) groups is 1. The van der Waals surface area contributed by atoms with Gasteiger partial charge in [0, 0.05) is 62.4 Å². The van der Waals surface area contributed by atoms with E-state index in [2.05, 4.69) is 22.4 Å². The van der Waals surface area contributed by atoms with Crippen molar-refractivity contribution in [2.45, 2.75) is 75.5 Å². The van der Waals surface area contributed by atoms with Gasteiger partial charge in [-0.05, 0) is 69.1 Å². The van der Waals surface area contributed by atoms with Crippen LogP contribution in [0.15, 0.2) is 30.5 Å². The number of nitrogens with one attached hydrogen (secondary N) is 1. The van der Waals surface area contributed by atoms with Gasteiger partial charge in [0.15, 0.2) is 0 Å². The van der Waals surface area contributed by atoms with Gasteiger partial charge in [-0.3, -0.25) is 14.7 Å². The van der Waals surface area contributed by atoms with Gasteiger partial charge in [0.05, 0.1) is 12.2 Å². The molecule has 3 aliphatic rings. The summed E-state index contributed by atoms with van der Waals surface area (Å²) in [4.78, 5) is 23.8. The molecule has 5 rings (SSSR count). The van der Waals surface area contributed by atoms with Crippen molar-refractivity contribution >= 4 is 11.8 Å². The number of aromatic nitrogens is 2. The lowest BCUT2D eigenvalue weighted by Gasteiger charge is -2.36. The van der Waals surface area contributed by atoms with Crippen LogP contribution in [0.3, 0.4) is 0 Å². The summed E-state index contributed by atoms with van der Waals surface area (Å²) >= 11 is 0. The molecule has 1 saturated carbocycles. The van der Waals surface area contributed by atoms with Crippen LogP contribution in [0.4, 0.5) is 5.82 Å². The number of carboxylic acid groups (broad SMARTS) is 1. The lowest BCUT2D eigenvalue weighted by atomic mass is 9.77. The molecule has 0 aromatic carbocycles. The van der Waals surface area contributed by atoms with Crippen molar-refractivity contribution in [3.8, 4) is 0 Å². The maximum absolute atomic E-state index is 12.4. The average Bonchev–Trinajstić information content (AvgIpc) is 3.32. The first-order valence-corrected chi connectivity index (χ1v) is 13.4. The number of carboxylic acids is 1. The number of pyridine rings is 2. The molecule has 8 nitrogen and oxygen atoms in total. The van der Waals surface area contributed by atoms with Gasteiger partial charge < -0.3 is 19.9 Å². The van der Waals surface area contributed by atoms with Crippen molar-refractivity contribution in [1.82, 2.24) is 14.9 Å². The maximum Gasteiger partial charge on any atom is 0.325 e. The van der Waals surface area contributed by atoms with Crippen LogP contribution in [-0.2, 0) is 27.1 Å². The highest BCUT2D eigenvalue weighted by Gasteiger charge is 2.39. The summed E-state index contributed by atoms with van der Waals surface area (Å²) in [6.07, 6.45) is 9.98. The fraction of sp³-hybridized carbons (Fsp3) is 0.607. The van der Waals surface area contributed by atoms with Crippen LogP contribution in [0.5, 0.6) is 0 Å². The Balaban J connectivity index is 1.10. The molecule has 2 fully saturated rings. The van der Waals surface area contributed by atoms with E-state index < -0.39 is 12.0 Å². The van der Waals surface area contributed by atoms with Crippen LogP contribution in [0.1, 0.15) is 73.0 Å². The van der Waals surface area contributed by atoms with Gasteiger partial charge in [0.25, 0.3) is 0 Å². The summed E-state index contributed by atoms with van der Waals surface area (Å²) in [6, 6.07) is 7.45. The quantitative estimate of drug-likeness (QED) is 0.453. The Morgan fingerprint density at radius 1 is 1.25 bits per heavy atom. The molecule has 0 spiro atoms. The van der Waals surface area contributed by atoms with E-state index in [0.717, 1.165) is 74.3 Å². The number of anilines is 1. The van der Waals surface area contributed by atoms with Crippen LogP contribution >= 0.6 is 0 Å². The summed E-state index contributed by atoms with van der Waals surface area (Å²) < 4.78 is 11.6. The van der Waals surface area contributed by atoms with E-state index >= 15 is 0 Å². The first kappa shape index (κ1) is 25.1. The van der Waals surface area contributed by atoms with Crippen molar-refractivity contribution in [1.29, 1.82) is 0 Å². The number of ether oxygens (including phenoxy) is 2. The number of hydrogen-bond donors (Lipinski definition) is 2. The molecule has 0 radical (unpaired) electrons. The van der Waals surface area contributed by atoms with Gasteiger partial charge in [-0.15, -0.1) is 0 Å². The van der Waals surface area contributed by atoms with Crippen molar-refractivity contribution in [3.05, 3.63) is 53.0 Å². The fourth-order valence-corrected chi connectivity index (χ4v) is 5.76. The molecule has 8 heteroatoms. The minimum absolute atomic E-state index is 0.0691. The molecule has 36 heavy (non-hydrogen) atoms. The highest BCUT2D eigenvalue weighted by atomic mass is 16.5. The van der Waals surface area contributed by atoms with Crippen molar-refractivity contribution in [3.63, 3.8) is 0 Å². The number of nitrogens with zero attached hydrogens (tertiary/aromatic N) is 3. The Labute approximate surface area is 213 Å². The van der Waals surface area contributed by atoms with E-state index in [1.54, 1.807) is 13.3 Å². The molecule has 2 aromatic heterocycles. The van der Waals surface area contributed by atoms with Crippen molar-refractivity contribution < 1.29 is 19.4 Å². The predicted octanol–water partition coefficient (Wildman–Crippen LogP) is 3.97. The smallest absolute Gasteiger partial charge is 0.325 e. The Morgan fingerprint density at radius 3 is 2.97 bits per heavy atom. The van der Waals surface area contributed by atoms with Gasteiger partial charge in [-0.2, -0.15) is 0 Å². The van der Waals surface area contributed by atoms with Gasteiger partial charge in [0.1, 0.15) is 11.9 Å². The predicted molar refractivity (Wildman–Crippen MR) is 137 cm³/mol. The SMILES string of the molecule is COC1CC(c2ncccc2C(C(=O)O)N2CC[C@@H](OCCCCc3ccc4c(n3)NCCC4)C2)C1. The third-order valence-corrected chi connectivity index (χ3v) is 7.89. The number of unbranched alkanes of at least 4 members (excludes halogenated alkanes) is 1. The van der Waals surface area contributed by atoms with Gasteiger partial charge in [-0.25, -0.2) is 4.98 Å². The summed E-state index contributed by atoms with van der Waals surface area (Å²) in [7, 11) is 1.73. The number of methoxy groups -OCH3 is 1. The summed E-state index contributed by atoms with van der Waals surface area (Å²) in [5.74, 6) is 0.504. The van der Waals surface area contributed by atoms with Crippen molar-refractivity contribution in [2.24, 2.45) is 0 Å². The Kier molecular flexibility index (Phi) is 8.14. The standard InChI is InChI=1S/C28H38N4O4/c1-35-23-16-20(17-23)25-24(8-5-12-29-25)26(28(33)34)32-14-11-22(18-32)36-15-3-2-7-21-10-9-19-6-4-13-30-27(19)31-21/h5,8-10,12,20,22-23,26H,2-4,6-7,11,13-18H2,1H3,(H,30,31)(H,33,34)/t20?,22-,23?,26?/m1/s1. The number of aryl methyl sites for hydroxylation is 2. The fourth-order valence-electron chi connectivity index (χ4n) is 5.76. The number of fused-ring (bicyclic) bond motifs is 1. The van der Waals surface area contributed by atoms with E-state index in [0.29, 0.717) is 19.7 Å². The molecule has 4 heterocycles. The minimum atomic E-state index is -0.820.